The second-order valence-electron chi connectivity index (χ2n) is 6.41. The lowest BCUT2D eigenvalue weighted by Crippen LogP contribution is -2.37. The topological polar surface area (TPSA) is 67.4 Å². The van der Waals surface area contributed by atoms with Gasteiger partial charge >= 0.3 is 0 Å². The highest BCUT2D eigenvalue weighted by molar-refractivity contribution is 5.81. The maximum absolute atomic E-state index is 12.3. The van der Waals surface area contributed by atoms with Crippen molar-refractivity contribution >= 4 is 11.8 Å². The highest BCUT2D eigenvalue weighted by atomic mass is 16.5. The van der Waals surface area contributed by atoms with E-state index in [1.807, 2.05) is 31.2 Å². The first-order valence-electron chi connectivity index (χ1n) is 8.82. The third kappa shape index (κ3) is 5.25. The van der Waals surface area contributed by atoms with Crippen LogP contribution in [0.3, 0.4) is 0 Å². The fraction of sp³-hybridized carbons (Fsp3) is 0.579. The Morgan fingerprint density at radius 1 is 1.00 bits per heavy atom. The van der Waals surface area contributed by atoms with E-state index in [0.29, 0.717) is 6.54 Å². The van der Waals surface area contributed by atoms with E-state index in [0.717, 1.165) is 50.0 Å². The zero-order valence-electron chi connectivity index (χ0n) is 14.6. The van der Waals surface area contributed by atoms with Gasteiger partial charge in [-0.3, -0.25) is 9.59 Å². The Kier molecular flexibility index (Phi) is 7.09. The van der Waals surface area contributed by atoms with Crippen LogP contribution in [-0.2, 0) is 16.1 Å². The Balaban J connectivity index is 1.73. The van der Waals surface area contributed by atoms with Crippen molar-refractivity contribution in [1.29, 1.82) is 0 Å². The number of rotatable bonds is 7. The van der Waals surface area contributed by atoms with E-state index in [1.165, 1.54) is 0 Å². The van der Waals surface area contributed by atoms with Gasteiger partial charge < -0.3 is 15.4 Å². The molecule has 1 aliphatic carbocycles. The molecule has 2 rings (SSSR count). The van der Waals surface area contributed by atoms with Gasteiger partial charge in [-0.15, -0.1) is 0 Å². The lowest BCUT2D eigenvalue weighted by atomic mass is 9.81. The summed E-state index contributed by atoms with van der Waals surface area (Å²) in [6, 6.07) is 7.69. The largest absolute Gasteiger partial charge is 0.497 e. The number of amides is 2. The standard InChI is InChI=1S/C19H28N2O3/c1-3-12-20-18(22)15-6-8-16(9-7-15)19(23)21-13-14-4-10-17(24-2)11-5-14/h4-5,10-11,15-16H,3,6-9,12-13H2,1-2H3,(H,20,22)(H,21,23). The first-order chi connectivity index (χ1) is 11.6. The lowest BCUT2D eigenvalue weighted by molar-refractivity contribution is -0.130. The zero-order chi connectivity index (χ0) is 17.4. The Morgan fingerprint density at radius 3 is 2.04 bits per heavy atom. The molecular weight excluding hydrogens is 304 g/mol. The highest BCUT2D eigenvalue weighted by Crippen LogP contribution is 2.29. The summed E-state index contributed by atoms with van der Waals surface area (Å²) in [4.78, 5) is 24.3. The van der Waals surface area contributed by atoms with Crippen LogP contribution in [0.25, 0.3) is 0 Å². The predicted molar refractivity (Wildman–Crippen MR) is 93.6 cm³/mol. The van der Waals surface area contributed by atoms with Crippen LogP contribution in [0.15, 0.2) is 24.3 Å². The van der Waals surface area contributed by atoms with Crippen molar-refractivity contribution in [2.75, 3.05) is 13.7 Å². The summed E-state index contributed by atoms with van der Waals surface area (Å²) in [6.45, 7) is 3.31. The van der Waals surface area contributed by atoms with Gasteiger partial charge in [0.2, 0.25) is 11.8 Å². The minimum Gasteiger partial charge on any atom is -0.497 e. The fourth-order valence-electron chi connectivity index (χ4n) is 3.09. The van der Waals surface area contributed by atoms with Gasteiger partial charge in [0.15, 0.2) is 0 Å². The lowest BCUT2D eigenvalue weighted by Gasteiger charge is -2.27. The quantitative estimate of drug-likeness (QED) is 0.806. The van der Waals surface area contributed by atoms with E-state index in [1.54, 1.807) is 7.11 Å². The Bertz CT molecular complexity index is 534. The van der Waals surface area contributed by atoms with Crippen LogP contribution >= 0.6 is 0 Å². The molecule has 5 nitrogen and oxygen atoms in total. The van der Waals surface area contributed by atoms with Crippen molar-refractivity contribution < 1.29 is 14.3 Å². The van der Waals surface area contributed by atoms with E-state index in [9.17, 15) is 9.59 Å². The summed E-state index contributed by atoms with van der Waals surface area (Å²) < 4.78 is 5.12. The van der Waals surface area contributed by atoms with Gasteiger partial charge in [-0.05, 0) is 49.8 Å². The van der Waals surface area contributed by atoms with Crippen molar-refractivity contribution in [1.82, 2.24) is 10.6 Å². The molecule has 0 heterocycles. The summed E-state index contributed by atoms with van der Waals surface area (Å²) in [5.41, 5.74) is 1.05. The maximum Gasteiger partial charge on any atom is 0.223 e. The molecular formula is C19H28N2O3. The second-order valence-corrected chi connectivity index (χ2v) is 6.41. The second kappa shape index (κ2) is 9.30. The van der Waals surface area contributed by atoms with Crippen LogP contribution in [0.4, 0.5) is 0 Å². The summed E-state index contributed by atoms with van der Waals surface area (Å²) >= 11 is 0. The average molecular weight is 332 g/mol. The minimum absolute atomic E-state index is 0.0264. The SMILES string of the molecule is CCCNC(=O)C1CCC(C(=O)NCc2ccc(OC)cc2)CC1. The number of ether oxygens (including phenoxy) is 1. The van der Waals surface area contributed by atoms with Gasteiger partial charge in [0.25, 0.3) is 0 Å². The first-order valence-corrected chi connectivity index (χ1v) is 8.82. The van der Waals surface area contributed by atoms with Crippen molar-refractivity contribution in [3.8, 4) is 5.75 Å². The van der Waals surface area contributed by atoms with Crippen LogP contribution < -0.4 is 15.4 Å². The number of nitrogens with one attached hydrogen (secondary N) is 2. The van der Waals surface area contributed by atoms with Crippen molar-refractivity contribution in [3.63, 3.8) is 0 Å². The fourth-order valence-corrected chi connectivity index (χ4v) is 3.09. The molecule has 0 saturated heterocycles. The highest BCUT2D eigenvalue weighted by Gasteiger charge is 2.29. The molecule has 0 aromatic heterocycles. The molecule has 2 N–H and O–H groups in total. The van der Waals surface area contributed by atoms with E-state index in [-0.39, 0.29) is 23.7 Å². The van der Waals surface area contributed by atoms with Crippen molar-refractivity contribution in [2.45, 2.75) is 45.6 Å². The zero-order valence-corrected chi connectivity index (χ0v) is 14.6. The third-order valence-electron chi connectivity index (χ3n) is 4.64. The molecule has 24 heavy (non-hydrogen) atoms. The van der Waals surface area contributed by atoms with Gasteiger partial charge in [0, 0.05) is 24.9 Å². The van der Waals surface area contributed by atoms with Crippen molar-refractivity contribution in [2.24, 2.45) is 11.8 Å². The molecule has 0 atom stereocenters. The van der Waals surface area contributed by atoms with Gasteiger partial charge in [0.1, 0.15) is 5.75 Å². The molecule has 1 aromatic rings. The molecule has 5 heteroatoms. The van der Waals surface area contributed by atoms with E-state index in [2.05, 4.69) is 10.6 Å². The molecule has 132 valence electrons. The number of hydrogen-bond donors (Lipinski definition) is 2. The third-order valence-corrected chi connectivity index (χ3v) is 4.64. The average Bonchev–Trinajstić information content (AvgIpc) is 2.64. The van der Waals surface area contributed by atoms with E-state index in [4.69, 9.17) is 4.74 Å². The molecule has 0 aliphatic heterocycles. The van der Waals surface area contributed by atoms with Crippen molar-refractivity contribution in [3.05, 3.63) is 29.8 Å². The number of carbonyl (C=O) groups excluding carboxylic acids is 2. The molecule has 0 bridgehead atoms. The van der Waals surface area contributed by atoms with Crippen LogP contribution in [0.1, 0.15) is 44.6 Å². The molecule has 0 unspecified atom stereocenters. The number of hydrogen-bond acceptors (Lipinski definition) is 3. The molecule has 1 aliphatic rings. The van der Waals surface area contributed by atoms with E-state index < -0.39 is 0 Å². The Morgan fingerprint density at radius 2 is 1.54 bits per heavy atom. The summed E-state index contributed by atoms with van der Waals surface area (Å²) in [6.07, 6.45) is 4.14. The summed E-state index contributed by atoms with van der Waals surface area (Å²) in [5, 5.41) is 5.96. The molecule has 1 aromatic carbocycles. The van der Waals surface area contributed by atoms with Crippen LogP contribution in [0, 0.1) is 11.8 Å². The van der Waals surface area contributed by atoms with Crippen LogP contribution in [-0.4, -0.2) is 25.5 Å². The smallest absolute Gasteiger partial charge is 0.223 e. The molecule has 2 amide bonds. The minimum atomic E-state index is 0.0264. The van der Waals surface area contributed by atoms with Gasteiger partial charge in [0.05, 0.1) is 7.11 Å². The molecule has 0 spiro atoms. The number of carbonyl (C=O) groups is 2. The van der Waals surface area contributed by atoms with E-state index >= 15 is 0 Å². The molecule has 1 saturated carbocycles. The number of benzene rings is 1. The Labute approximate surface area is 144 Å². The van der Waals surface area contributed by atoms with Crippen LogP contribution in [0.5, 0.6) is 5.75 Å². The molecule has 1 fully saturated rings. The van der Waals surface area contributed by atoms with Gasteiger partial charge in [-0.25, -0.2) is 0 Å². The summed E-state index contributed by atoms with van der Waals surface area (Å²) in [7, 11) is 1.63. The normalized spacial score (nSPS) is 20.2. The monoisotopic (exact) mass is 332 g/mol. The molecule has 0 radical (unpaired) electrons. The number of methoxy groups -OCH3 is 1. The van der Waals surface area contributed by atoms with Gasteiger partial charge in [-0.2, -0.15) is 0 Å². The maximum atomic E-state index is 12.3. The van der Waals surface area contributed by atoms with Crippen LogP contribution in [0.2, 0.25) is 0 Å². The predicted octanol–water partition coefficient (Wildman–Crippen LogP) is 2.64. The summed E-state index contributed by atoms with van der Waals surface area (Å²) in [5.74, 6) is 1.15. The van der Waals surface area contributed by atoms with Gasteiger partial charge in [-0.1, -0.05) is 19.1 Å². The Hall–Kier alpha value is -2.04. The first kappa shape index (κ1) is 18.3.